The number of furan rings is 1. The summed E-state index contributed by atoms with van der Waals surface area (Å²) in [6.45, 7) is 0. The second-order valence-electron chi connectivity index (χ2n) is 5.01. The third-order valence-corrected chi connectivity index (χ3v) is 4.33. The summed E-state index contributed by atoms with van der Waals surface area (Å²) in [5.74, 6) is 0.654. The van der Waals surface area contributed by atoms with Crippen molar-refractivity contribution in [3.8, 4) is 11.3 Å². The zero-order chi connectivity index (χ0) is 17.8. The number of hydrazone groups is 1. The highest BCUT2D eigenvalue weighted by Crippen LogP contribution is 2.35. The number of amides is 1. The van der Waals surface area contributed by atoms with E-state index in [-0.39, 0.29) is 5.91 Å². The van der Waals surface area contributed by atoms with Gasteiger partial charge in [0, 0.05) is 11.1 Å². The van der Waals surface area contributed by atoms with Crippen molar-refractivity contribution >= 4 is 46.9 Å². The SMILES string of the molecule is O=C(N/N=C\c1ccc(-c2cc(Cl)c(Cl)cc2Cl)o1)c1ccccc1. The Morgan fingerprint density at radius 2 is 1.68 bits per heavy atom. The standard InChI is InChI=1S/C18H11Cl3N2O2/c19-14-9-16(21)15(20)8-13(14)17-7-6-12(25-17)10-22-23-18(24)11-4-2-1-3-5-11/h1-10H,(H,23,24)/b22-10-. The van der Waals surface area contributed by atoms with Gasteiger partial charge in [-0.3, -0.25) is 4.79 Å². The predicted octanol–water partition coefficient (Wildman–Crippen LogP) is 5.67. The van der Waals surface area contributed by atoms with Gasteiger partial charge in [-0.05, 0) is 36.4 Å². The van der Waals surface area contributed by atoms with Crippen LogP contribution in [-0.2, 0) is 0 Å². The summed E-state index contributed by atoms with van der Waals surface area (Å²) in [7, 11) is 0. The van der Waals surface area contributed by atoms with E-state index in [1.165, 1.54) is 6.21 Å². The molecular weight excluding hydrogens is 383 g/mol. The van der Waals surface area contributed by atoms with Crippen LogP contribution in [0.4, 0.5) is 0 Å². The maximum Gasteiger partial charge on any atom is 0.271 e. The van der Waals surface area contributed by atoms with Crippen LogP contribution in [-0.4, -0.2) is 12.1 Å². The Morgan fingerprint density at radius 1 is 0.960 bits per heavy atom. The lowest BCUT2D eigenvalue weighted by atomic mass is 10.2. The second-order valence-corrected chi connectivity index (χ2v) is 6.23. The number of hydrogen-bond donors (Lipinski definition) is 1. The number of nitrogens with zero attached hydrogens (tertiary/aromatic N) is 1. The first-order valence-electron chi connectivity index (χ1n) is 7.18. The number of carbonyl (C=O) groups excluding carboxylic acids is 1. The Kier molecular flexibility index (Phi) is 5.43. The maximum absolute atomic E-state index is 11.9. The van der Waals surface area contributed by atoms with Gasteiger partial charge in [-0.15, -0.1) is 0 Å². The number of carbonyl (C=O) groups is 1. The Bertz CT molecular complexity index is 937. The molecule has 0 fully saturated rings. The lowest BCUT2D eigenvalue weighted by molar-refractivity contribution is 0.0955. The topological polar surface area (TPSA) is 54.6 Å². The highest BCUT2D eigenvalue weighted by Gasteiger charge is 2.11. The molecule has 0 bridgehead atoms. The first-order valence-corrected chi connectivity index (χ1v) is 8.31. The van der Waals surface area contributed by atoms with Gasteiger partial charge in [-0.2, -0.15) is 5.10 Å². The molecule has 2 aromatic carbocycles. The Hall–Kier alpha value is -2.27. The summed E-state index contributed by atoms with van der Waals surface area (Å²) < 4.78 is 5.65. The summed E-state index contributed by atoms with van der Waals surface area (Å²) in [4.78, 5) is 11.9. The molecule has 1 amide bonds. The molecule has 3 rings (SSSR count). The van der Waals surface area contributed by atoms with Gasteiger partial charge in [0.25, 0.3) is 5.91 Å². The van der Waals surface area contributed by atoms with Crippen LogP contribution in [0.25, 0.3) is 11.3 Å². The van der Waals surface area contributed by atoms with Crippen LogP contribution in [0.2, 0.25) is 15.1 Å². The second kappa shape index (κ2) is 7.74. The smallest absolute Gasteiger partial charge is 0.271 e. The molecule has 0 aliphatic heterocycles. The number of halogens is 3. The van der Waals surface area contributed by atoms with Gasteiger partial charge in [0.2, 0.25) is 0 Å². The molecule has 0 aliphatic carbocycles. The van der Waals surface area contributed by atoms with E-state index in [1.807, 2.05) is 6.07 Å². The Balaban J connectivity index is 1.72. The fourth-order valence-electron chi connectivity index (χ4n) is 2.09. The first-order chi connectivity index (χ1) is 12.0. The van der Waals surface area contributed by atoms with Crippen LogP contribution < -0.4 is 5.43 Å². The summed E-state index contributed by atoms with van der Waals surface area (Å²) in [6, 6.07) is 15.4. The monoisotopic (exact) mass is 392 g/mol. The molecule has 0 spiro atoms. The summed E-state index contributed by atoms with van der Waals surface area (Å²) in [5, 5.41) is 5.05. The van der Waals surface area contributed by atoms with E-state index in [4.69, 9.17) is 39.2 Å². The molecule has 1 aromatic heterocycles. The van der Waals surface area contributed by atoms with Crippen LogP contribution in [0.5, 0.6) is 0 Å². The molecule has 4 nitrogen and oxygen atoms in total. The Morgan fingerprint density at radius 3 is 2.44 bits per heavy atom. The number of hydrogen-bond acceptors (Lipinski definition) is 3. The zero-order valence-electron chi connectivity index (χ0n) is 12.7. The highest BCUT2D eigenvalue weighted by molar-refractivity contribution is 6.44. The largest absolute Gasteiger partial charge is 0.455 e. The molecule has 1 N–H and O–H groups in total. The van der Waals surface area contributed by atoms with E-state index >= 15 is 0 Å². The molecule has 0 saturated heterocycles. The fraction of sp³-hybridized carbons (Fsp3) is 0. The van der Waals surface area contributed by atoms with Gasteiger partial charge in [-0.1, -0.05) is 53.0 Å². The van der Waals surface area contributed by atoms with Gasteiger partial charge in [0.05, 0.1) is 21.3 Å². The van der Waals surface area contributed by atoms with Gasteiger partial charge in [0.15, 0.2) is 0 Å². The normalized spacial score (nSPS) is 11.0. The lowest BCUT2D eigenvalue weighted by Crippen LogP contribution is -2.17. The zero-order valence-corrected chi connectivity index (χ0v) is 14.9. The van der Waals surface area contributed by atoms with E-state index in [9.17, 15) is 4.79 Å². The molecule has 25 heavy (non-hydrogen) atoms. The van der Waals surface area contributed by atoms with Gasteiger partial charge in [-0.25, -0.2) is 5.43 Å². The maximum atomic E-state index is 11.9. The van der Waals surface area contributed by atoms with Crippen LogP contribution in [0.15, 0.2) is 64.1 Å². The molecule has 0 atom stereocenters. The molecule has 0 radical (unpaired) electrons. The van der Waals surface area contributed by atoms with Crippen molar-refractivity contribution in [3.63, 3.8) is 0 Å². The molecule has 0 saturated carbocycles. The third-order valence-electron chi connectivity index (χ3n) is 3.30. The summed E-state index contributed by atoms with van der Waals surface area (Å²) in [6.07, 6.45) is 1.40. The van der Waals surface area contributed by atoms with Crippen molar-refractivity contribution in [2.24, 2.45) is 5.10 Å². The molecule has 7 heteroatoms. The quantitative estimate of drug-likeness (QED) is 0.353. The molecule has 1 heterocycles. The number of benzene rings is 2. The van der Waals surface area contributed by atoms with Crippen LogP contribution >= 0.6 is 34.8 Å². The van der Waals surface area contributed by atoms with Crippen LogP contribution in [0, 0.1) is 0 Å². The lowest BCUT2D eigenvalue weighted by Gasteiger charge is -2.03. The minimum atomic E-state index is -0.309. The first kappa shape index (κ1) is 17.5. The third kappa shape index (κ3) is 4.23. The minimum absolute atomic E-state index is 0.309. The van der Waals surface area contributed by atoms with Crippen molar-refractivity contribution in [1.29, 1.82) is 0 Å². The summed E-state index contributed by atoms with van der Waals surface area (Å²) in [5.41, 5.74) is 3.56. The van der Waals surface area contributed by atoms with Crippen LogP contribution in [0.1, 0.15) is 16.1 Å². The van der Waals surface area contributed by atoms with Crippen molar-refractivity contribution in [2.75, 3.05) is 0 Å². The fourth-order valence-corrected chi connectivity index (χ4v) is 2.73. The van der Waals surface area contributed by atoms with E-state index in [0.717, 1.165) is 0 Å². The van der Waals surface area contributed by atoms with Gasteiger partial charge >= 0.3 is 0 Å². The van der Waals surface area contributed by atoms with Gasteiger partial charge < -0.3 is 4.42 Å². The predicted molar refractivity (Wildman–Crippen MR) is 101 cm³/mol. The minimum Gasteiger partial charge on any atom is -0.455 e. The van der Waals surface area contributed by atoms with E-state index in [1.54, 1.807) is 48.5 Å². The van der Waals surface area contributed by atoms with Crippen molar-refractivity contribution < 1.29 is 9.21 Å². The highest BCUT2D eigenvalue weighted by atomic mass is 35.5. The molecule has 126 valence electrons. The van der Waals surface area contributed by atoms with Gasteiger partial charge in [0.1, 0.15) is 11.5 Å². The number of rotatable bonds is 4. The molecular formula is C18H11Cl3N2O2. The van der Waals surface area contributed by atoms with Crippen molar-refractivity contribution in [1.82, 2.24) is 5.43 Å². The Labute approximate surface area is 159 Å². The average molecular weight is 394 g/mol. The average Bonchev–Trinajstić information content (AvgIpc) is 3.07. The number of nitrogens with one attached hydrogen (secondary N) is 1. The van der Waals surface area contributed by atoms with Crippen molar-refractivity contribution in [2.45, 2.75) is 0 Å². The van der Waals surface area contributed by atoms with Crippen molar-refractivity contribution in [3.05, 3.63) is 81.0 Å². The van der Waals surface area contributed by atoms with E-state index in [2.05, 4.69) is 10.5 Å². The van der Waals surface area contributed by atoms with E-state index in [0.29, 0.717) is 37.7 Å². The molecule has 0 aliphatic rings. The molecule has 3 aromatic rings. The summed E-state index contributed by atoms with van der Waals surface area (Å²) >= 11 is 18.1. The van der Waals surface area contributed by atoms with E-state index < -0.39 is 0 Å². The van der Waals surface area contributed by atoms with Crippen LogP contribution in [0.3, 0.4) is 0 Å². The molecule has 0 unspecified atom stereocenters.